The van der Waals surface area contributed by atoms with Crippen molar-refractivity contribution in [1.82, 2.24) is 0 Å². The zero-order valence-electron chi connectivity index (χ0n) is 24.7. The molecule has 2 N–H and O–H groups in total. The van der Waals surface area contributed by atoms with E-state index in [1.165, 1.54) is 18.4 Å². The Morgan fingerprint density at radius 1 is 0.744 bits per heavy atom. The molecule has 0 saturated heterocycles. The number of unbranched alkanes of at least 4 members (excludes halogenated alkanes) is 1. The van der Waals surface area contributed by atoms with Gasteiger partial charge in [-0.1, -0.05) is 56.3 Å². The summed E-state index contributed by atoms with van der Waals surface area (Å²) < 4.78 is 34.2. The zero-order valence-corrected chi connectivity index (χ0v) is 24.7. The third-order valence-corrected chi connectivity index (χ3v) is 7.61. The van der Waals surface area contributed by atoms with Crippen molar-refractivity contribution >= 4 is 11.9 Å². The van der Waals surface area contributed by atoms with E-state index < -0.39 is 25.2 Å². The Balaban J connectivity index is 1.63. The minimum Gasteiger partial charge on any atom is -0.486 e. The van der Waals surface area contributed by atoms with Crippen LogP contribution >= 0.6 is 0 Å². The van der Waals surface area contributed by atoms with Gasteiger partial charge in [0, 0.05) is 0 Å². The van der Waals surface area contributed by atoms with Gasteiger partial charge in [0.05, 0.1) is 31.0 Å². The van der Waals surface area contributed by atoms with Gasteiger partial charge < -0.3 is 29.2 Å². The van der Waals surface area contributed by atoms with E-state index >= 15 is 0 Å². The summed E-state index contributed by atoms with van der Waals surface area (Å²) in [6, 6.07) is 14.0. The molecule has 0 aliphatic heterocycles. The highest BCUT2D eigenvalue weighted by atomic mass is 19.1. The van der Waals surface area contributed by atoms with Crippen molar-refractivity contribution in [3.8, 4) is 22.6 Å². The Hall–Kier alpha value is -3.69. The number of alkyl halides is 1. The molecule has 8 nitrogen and oxygen atoms in total. The summed E-state index contributed by atoms with van der Waals surface area (Å²) in [5, 5.41) is 18.0. The van der Waals surface area contributed by atoms with Crippen LogP contribution in [0.15, 0.2) is 66.8 Å². The summed E-state index contributed by atoms with van der Waals surface area (Å²) in [6.45, 7) is 5.63. The van der Waals surface area contributed by atoms with Crippen LogP contribution in [0.4, 0.5) is 4.39 Å². The standard InChI is InChI=1S/C34H43FO8/c1-24(22-36)33(38)42-19-17-40-31-15-14-30(21-32(31)41-18-20-43-34(39)25(2)23-37)29-12-10-28(11-13-29)27-8-6-26(7-9-27)5-3-4-16-35/h10-15,21,26-27,36-37H,1-9,16-20,22-23H2. The van der Waals surface area contributed by atoms with Crippen molar-refractivity contribution in [3.05, 3.63) is 72.3 Å². The summed E-state index contributed by atoms with van der Waals surface area (Å²) >= 11 is 0. The number of aliphatic hydroxyl groups excluding tert-OH is 2. The van der Waals surface area contributed by atoms with Crippen LogP contribution in [0.25, 0.3) is 11.1 Å². The molecular weight excluding hydrogens is 555 g/mol. The van der Waals surface area contributed by atoms with Gasteiger partial charge in [0.2, 0.25) is 0 Å². The summed E-state index contributed by atoms with van der Waals surface area (Å²) in [7, 11) is 0. The van der Waals surface area contributed by atoms with Crippen LogP contribution in [-0.2, 0) is 19.1 Å². The molecule has 0 unspecified atom stereocenters. The Morgan fingerprint density at radius 3 is 1.86 bits per heavy atom. The van der Waals surface area contributed by atoms with Crippen molar-refractivity contribution in [3.63, 3.8) is 0 Å². The van der Waals surface area contributed by atoms with E-state index in [2.05, 4.69) is 37.4 Å². The first kappa shape index (κ1) is 33.8. The predicted molar refractivity (Wildman–Crippen MR) is 162 cm³/mol. The third-order valence-electron chi connectivity index (χ3n) is 7.61. The smallest absolute Gasteiger partial charge is 0.335 e. The zero-order chi connectivity index (χ0) is 31.0. The van der Waals surface area contributed by atoms with Crippen LogP contribution in [0.5, 0.6) is 11.5 Å². The van der Waals surface area contributed by atoms with Crippen molar-refractivity contribution < 1.29 is 43.1 Å². The molecule has 0 amide bonds. The third kappa shape index (κ3) is 10.8. The second-order valence-electron chi connectivity index (χ2n) is 10.7. The molecule has 0 radical (unpaired) electrons. The predicted octanol–water partition coefficient (Wildman–Crippen LogP) is 5.71. The minimum atomic E-state index is -0.701. The normalized spacial score (nSPS) is 16.3. The molecule has 1 aliphatic carbocycles. The topological polar surface area (TPSA) is 112 Å². The summed E-state index contributed by atoms with van der Waals surface area (Å²) in [4.78, 5) is 23.5. The number of esters is 2. The number of hydrogen-bond donors (Lipinski definition) is 2. The molecule has 0 atom stereocenters. The van der Waals surface area contributed by atoms with Gasteiger partial charge in [0.15, 0.2) is 11.5 Å². The van der Waals surface area contributed by atoms with Crippen LogP contribution in [-0.4, -0.2) is 68.5 Å². The molecular formula is C34H43FO8. The van der Waals surface area contributed by atoms with Crippen molar-refractivity contribution in [1.29, 1.82) is 0 Å². The molecule has 0 spiro atoms. The maximum Gasteiger partial charge on any atom is 0.335 e. The highest BCUT2D eigenvalue weighted by Gasteiger charge is 2.22. The molecule has 0 aromatic heterocycles. The Morgan fingerprint density at radius 2 is 1.30 bits per heavy atom. The first-order chi connectivity index (χ1) is 20.9. The van der Waals surface area contributed by atoms with E-state index in [1.807, 2.05) is 12.1 Å². The second kappa shape index (κ2) is 18.1. The molecule has 2 aromatic carbocycles. The molecule has 0 heterocycles. The number of aliphatic hydroxyl groups is 2. The van der Waals surface area contributed by atoms with Crippen molar-refractivity contribution in [2.24, 2.45) is 5.92 Å². The summed E-state index contributed by atoms with van der Waals surface area (Å²) in [5.41, 5.74) is 3.14. The van der Waals surface area contributed by atoms with Gasteiger partial charge in [-0.25, -0.2) is 9.59 Å². The Labute approximate surface area is 253 Å². The average Bonchev–Trinajstić information content (AvgIpc) is 3.04. The number of benzene rings is 2. The van der Waals surface area contributed by atoms with Crippen LogP contribution in [0.2, 0.25) is 0 Å². The molecule has 1 saturated carbocycles. The van der Waals surface area contributed by atoms with Gasteiger partial charge in [-0.15, -0.1) is 0 Å². The molecule has 9 heteroatoms. The van der Waals surface area contributed by atoms with Crippen LogP contribution in [0.1, 0.15) is 56.4 Å². The SMILES string of the molecule is C=C(CO)C(=O)OCCOc1ccc(-c2ccc(C3CCC(CCCCF)CC3)cc2)cc1OCCOC(=O)C(=C)CO. The second-order valence-corrected chi connectivity index (χ2v) is 10.7. The number of carbonyl (C=O) groups is 2. The first-order valence-corrected chi connectivity index (χ1v) is 14.8. The average molecular weight is 599 g/mol. The monoisotopic (exact) mass is 598 g/mol. The molecule has 3 rings (SSSR count). The first-order valence-electron chi connectivity index (χ1n) is 14.8. The van der Waals surface area contributed by atoms with Crippen molar-refractivity contribution in [2.75, 3.05) is 46.3 Å². The fourth-order valence-corrected chi connectivity index (χ4v) is 5.08. The number of rotatable bonds is 18. The fraction of sp³-hybridized carbons (Fsp3) is 0.471. The molecule has 0 bridgehead atoms. The lowest BCUT2D eigenvalue weighted by Crippen LogP contribution is -2.16. The van der Waals surface area contributed by atoms with E-state index in [4.69, 9.17) is 29.2 Å². The maximum absolute atomic E-state index is 12.4. The van der Waals surface area contributed by atoms with E-state index in [0.717, 1.165) is 36.8 Å². The van der Waals surface area contributed by atoms with E-state index in [0.29, 0.717) is 29.8 Å². The highest BCUT2D eigenvalue weighted by molar-refractivity contribution is 5.88. The van der Waals surface area contributed by atoms with Crippen molar-refractivity contribution in [2.45, 2.75) is 50.9 Å². The maximum atomic E-state index is 12.4. The largest absolute Gasteiger partial charge is 0.486 e. The summed E-state index contributed by atoms with van der Waals surface area (Å²) in [5.74, 6) is 0.671. The van der Waals surface area contributed by atoms with Crippen LogP contribution in [0, 0.1) is 5.92 Å². The van der Waals surface area contributed by atoms with Crippen LogP contribution in [0.3, 0.4) is 0 Å². The molecule has 43 heavy (non-hydrogen) atoms. The number of hydrogen-bond acceptors (Lipinski definition) is 8. The van der Waals surface area contributed by atoms with Gasteiger partial charge in [-0.2, -0.15) is 0 Å². The number of halogens is 1. The number of ether oxygens (including phenoxy) is 4. The van der Waals surface area contributed by atoms with Gasteiger partial charge in [-0.3, -0.25) is 4.39 Å². The Bertz CT molecular complexity index is 1200. The summed E-state index contributed by atoms with van der Waals surface area (Å²) in [6.07, 6.45) is 7.48. The van der Waals surface area contributed by atoms with Crippen LogP contribution < -0.4 is 9.47 Å². The molecule has 2 aromatic rings. The molecule has 1 fully saturated rings. The van der Waals surface area contributed by atoms with Gasteiger partial charge in [0.1, 0.15) is 26.4 Å². The minimum absolute atomic E-state index is 0.0327. The molecule has 234 valence electrons. The van der Waals surface area contributed by atoms with E-state index in [1.54, 1.807) is 6.07 Å². The fourth-order valence-electron chi connectivity index (χ4n) is 5.08. The quantitative estimate of drug-likeness (QED) is 0.128. The van der Waals surface area contributed by atoms with Gasteiger partial charge in [-0.05, 0) is 72.8 Å². The lowest BCUT2D eigenvalue weighted by Gasteiger charge is -2.29. The van der Waals surface area contributed by atoms with E-state index in [-0.39, 0.29) is 44.2 Å². The molecule has 1 aliphatic rings. The Kier molecular flexibility index (Phi) is 14.2. The van der Waals surface area contributed by atoms with Gasteiger partial charge >= 0.3 is 11.9 Å². The number of carbonyl (C=O) groups excluding carboxylic acids is 2. The highest BCUT2D eigenvalue weighted by Crippen LogP contribution is 2.39. The lowest BCUT2D eigenvalue weighted by molar-refractivity contribution is -0.141. The lowest BCUT2D eigenvalue weighted by atomic mass is 9.77. The van der Waals surface area contributed by atoms with Gasteiger partial charge in [0.25, 0.3) is 0 Å². The van der Waals surface area contributed by atoms with E-state index in [9.17, 15) is 14.0 Å².